The lowest BCUT2D eigenvalue weighted by atomic mass is 10.2. The van der Waals surface area contributed by atoms with Gasteiger partial charge < -0.3 is 10.1 Å². The van der Waals surface area contributed by atoms with Crippen LogP contribution in [-0.4, -0.2) is 25.7 Å². The Kier molecular flexibility index (Phi) is 5.35. The minimum absolute atomic E-state index is 0.0565. The van der Waals surface area contributed by atoms with Gasteiger partial charge in [-0.15, -0.1) is 12.6 Å². The number of hydrogen-bond acceptors (Lipinski definition) is 3. The van der Waals surface area contributed by atoms with Crippen molar-refractivity contribution in [2.75, 3.05) is 13.7 Å². The Bertz CT molecular complexity index is 355. The Morgan fingerprint density at radius 2 is 2.31 bits per heavy atom. The minimum Gasteiger partial charge on any atom is -0.383 e. The van der Waals surface area contributed by atoms with Gasteiger partial charge in [0.15, 0.2) is 0 Å². The fourth-order valence-electron chi connectivity index (χ4n) is 1.38. The van der Waals surface area contributed by atoms with Gasteiger partial charge in [-0.1, -0.05) is 13.0 Å². The van der Waals surface area contributed by atoms with Crippen molar-refractivity contribution in [3.8, 4) is 0 Å². The molecule has 1 atom stereocenters. The van der Waals surface area contributed by atoms with Crippen LogP contribution in [0.2, 0.25) is 0 Å². The monoisotopic (exact) mass is 239 g/mol. The second kappa shape index (κ2) is 6.55. The Labute approximate surface area is 102 Å². The third-order valence-corrected chi connectivity index (χ3v) is 2.58. The van der Waals surface area contributed by atoms with Crippen LogP contribution in [0.15, 0.2) is 29.2 Å². The van der Waals surface area contributed by atoms with Crippen LogP contribution in [-0.2, 0) is 4.74 Å². The topological polar surface area (TPSA) is 38.3 Å². The molecule has 3 nitrogen and oxygen atoms in total. The van der Waals surface area contributed by atoms with Gasteiger partial charge >= 0.3 is 0 Å². The van der Waals surface area contributed by atoms with E-state index in [9.17, 15) is 4.79 Å². The number of thiol groups is 1. The van der Waals surface area contributed by atoms with Gasteiger partial charge in [-0.05, 0) is 24.6 Å². The fraction of sp³-hybridized carbons (Fsp3) is 0.417. The van der Waals surface area contributed by atoms with Crippen molar-refractivity contribution in [2.24, 2.45) is 0 Å². The van der Waals surface area contributed by atoms with Gasteiger partial charge in [0, 0.05) is 17.6 Å². The maximum absolute atomic E-state index is 11.8. The number of amides is 1. The lowest BCUT2D eigenvalue weighted by Crippen LogP contribution is -2.37. The third-order valence-electron chi connectivity index (χ3n) is 2.30. The number of rotatable bonds is 5. The van der Waals surface area contributed by atoms with Crippen LogP contribution in [0.4, 0.5) is 0 Å². The summed E-state index contributed by atoms with van der Waals surface area (Å²) in [6.07, 6.45) is 0.847. The first-order valence-electron chi connectivity index (χ1n) is 5.26. The maximum atomic E-state index is 11.8. The van der Waals surface area contributed by atoms with Crippen molar-refractivity contribution in [3.63, 3.8) is 0 Å². The molecule has 0 saturated heterocycles. The standard InChI is InChI=1S/C12H17NO2S/c1-3-10(8-15-2)13-12(14)9-5-4-6-11(16)7-9/h4-7,10,16H,3,8H2,1-2H3,(H,13,14). The molecule has 0 aliphatic heterocycles. The quantitative estimate of drug-likeness (QED) is 0.773. The van der Waals surface area contributed by atoms with Crippen LogP contribution in [0.1, 0.15) is 23.7 Å². The molecule has 0 heterocycles. The van der Waals surface area contributed by atoms with E-state index in [4.69, 9.17) is 4.74 Å². The average Bonchev–Trinajstić information content (AvgIpc) is 2.28. The van der Waals surface area contributed by atoms with E-state index in [1.807, 2.05) is 19.1 Å². The molecule has 1 aromatic rings. The molecule has 4 heteroatoms. The number of benzene rings is 1. The van der Waals surface area contributed by atoms with Crippen molar-refractivity contribution in [2.45, 2.75) is 24.3 Å². The number of ether oxygens (including phenoxy) is 1. The van der Waals surface area contributed by atoms with E-state index in [1.54, 1.807) is 19.2 Å². The van der Waals surface area contributed by atoms with E-state index in [0.717, 1.165) is 11.3 Å². The SMILES string of the molecule is CCC(COC)NC(=O)c1cccc(S)c1. The van der Waals surface area contributed by atoms with Crippen LogP contribution < -0.4 is 5.32 Å². The Morgan fingerprint density at radius 3 is 2.88 bits per heavy atom. The zero-order valence-corrected chi connectivity index (χ0v) is 10.5. The van der Waals surface area contributed by atoms with Crippen LogP contribution in [0.25, 0.3) is 0 Å². The molecule has 16 heavy (non-hydrogen) atoms. The smallest absolute Gasteiger partial charge is 0.251 e. The normalized spacial score (nSPS) is 12.2. The maximum Gasteiger partial charge on any atom is 0.251 e. The zero-order chi connectivity index (χ0) is 12.0. The largest absolute Gasteiger partial charge is 0.383 e. The van der Waals surface area contributed by atoms with Crippen molar-refractivity contribution in [3.05, 3.63) is 29.8 Å². The van der Waals surface area contributed by atoms with Crippen molar-refractivity contribution >= 4 is 18.5 Å². The first kappa shape index (κ1) is 13.1. The predicted molar refractivity (Wildman–Crippen MR) is 67.1 cm³/mol. The van der Waals surface area contributed by atoms with E-state index in [1.165, 1.54) is 0 Å². The summed E-state index contributed by atoms with van der Waals surface area (Å²) in [5.74, 6) is -0.0835. The molecule has 0 spiro atoms. The summed E-state index contributed by atoms with van der Waals surface area (Å²) >= 11 is 4.20. The van der Waals surface area contributed by atoms with Crippen LogP contribution in [0, 0.1) is 0 Å². The molecule has 0 aliphatic rings. The van der Waals surface area contributed by atoms with Gasteiger partial charge in [0.1, 0.15) is 0 Å². The van der Waals surface area contributed by atoms with Crippen molar-refractivity contribution in [1.82, 2.24) is 5.32 Å². The third kappa shape index (κ3) is 3.87. The highest BCUT2D eigenvalue weighted by Crippen LogP contribution is 2.09. The first-order chi connectivity index (χ1) is 7.67. The van der Waals surface area contributed by atoms with Gasteiger partial charge in [-0.25, -0.2) is 0 Å². The molecule has 0 aliphatic carbocycles. The van der Waals surface area contributed by atoms with Gasteiger partial charge in [-0.3, -0.25) is 4.79 Å². The summed E-state index contributed by atoms with van der Waals surface area (Å²) < 4.78 is 5.03. The Balaban J connectivity index is 2.64. The molecule has 0 radical (unpaired) electrons. The van der Waals surface area contributed by atoms with Gasteiger partial charge in [0.2, 0.25) is 0 Å². The molecule has 1 aromatic carbocycles. The van der Waals surface area contributed by atoms with Crippen LogP contribution in [0.3, 0.4) is 0 Å². The molecule has 0 fully saturated rings. The minimum atomic E-state index is -0.0835. The summed E-state index contributed by atoms with van der Waals surface area (Å²) in [7, 11) is 1.63. The van der Waals surface area contributed by atoms with Crippen LogP contribution in [0.5, 0.6) is 0 Å². The Morgan fingerprint density at radius 1 is 1.56 bits per heavy atom. The molecule has 1 N–H and O–H groups in total. The number of methoxy groups -OCH3 is 1. The highest BCUT2D eigenvalue weighted by Gasteiger charge is 2.11. The van der Waals surface area contributed by atoms with Gasteiger partial charge in [0.05, 0.1) is 12.6 Å². The molecule has 0 bridgehead atoms. The summed E-state index contributed by atoms with van der Waals surface area (Å²) in [6.45, 7) is 2.54. The lowest BCUT2D eigenvalue weighted by molar-refractivity contribution is 0.0894. The summed E-state index contributed by atoms with van der Waals surface area (Å²) in [4.78, 5) is 12.6. The van der Waals surface area contributed by atoms with E-state index in [0.29, 0.717) is 12.2 Å². The lowest BCUT2D eigenvalue weighted by Gasteiger charge is -2.15. The second-order valence-corrected chi connectivity index (χ2v) is 4.10. The van der Waals surface area contributed by atoms with E-state index in [-0.39, 0.29) is 11.9 Å². The van der Waals surface area contributed by atoms with E-state index < -0.39 is 0 Å². The molecule has 1 unspecified atom stereocenters. The summed E-state index contributed by atoms with van der Waals surface area (Å²) in [6, 6.07) is 7.23. The molecular weight excluding hydrogens is 222 g/mol. The van der Waals surface area contributed by atoms with Gasteiger partial charge in [0.25, 0.3) is 5.91 Å². The number of hydrogen-bond donors (Lipinski definition) is 2. The summed E-state index contributed by atoms with van der Waals surface area (Å²) in [5, 5.41) is 2.91. The van der Waals surface area contributed by atoms with Gasteiger partial charge in [-0.2, -0.15) is 0 Å². The predicted octanol–water partition coefficient (Wildman–Crippen LogP) is 2.13. The average molecular weight is 239 g/mol. The number of nitrogens with one attached hydrogen (secondary N) is 1. The molecular formula is C12H17NO2S. The fourth-order valence-corrected chi connectivity index (χ4v) is 1.60. The molecule has 1 amide bonds. The molecule has 0 aromatic heterocycles. The second-order valence-electron chi connectivity index (χ2n) is 3.58. The van der Waals surface area contributed by atoms with E-state index in [2.05, 4.69) is 17.9 Å². The first-order valence-corrected chi connectivity index (χ1v) is 5.71. The number of carbonyl (C=O) groups is 1. The Hall–Kier alpha value is -1.00. The highest BCUT2D eigenvalue weighted by molar-refractivity contribution is 7.80. The number of carbonyl (C=O) groups excluding carboxylic acids is 1. The van der Waals surface area contributed by atoms with Crippen molar-refractivity contribution in [1.29, 1.82) is 0 Å². The molecule has 1 rings (SSSR count). The van der Waals surface area contributed by atoms with Crippen LogP contribution >= 0.6 is 12.6 Å². The van der Waals surface area contributed by atoms with E-state index >= 15 is 0 Å². The van der Waals surface area contributed by atoms with Crippen molar-refractivity contribution < 1.29 is 9.53 Å². The molecule has 88 valence electrons. The highest BCUT2D eigenvalue weighted by atomic mass is 32.1. The summed E-state index contributed by atoms with van der Waals surface area (Å²) in [5.41, 5.74) is 0.627. The zero-order valence-electron chi connectivity index (χ0n) is 9.56. The molecule has 0 saturated carbocycles.